The van der Waals surface area contributed by atoms with Gasteiger partial charge in [0.05, 0.1) is 30.5 Å². The molecule has 0 saturated heterocycles. The number of aromatic nitrogens is 1. The molecule has 3 aromatic rings. The minimum atomic E-state index is -1.47. The van der Waals surface area contributed by atoms with Crippen molar-refractivity contribution >= 4 is 11.8 Å². The van der Waals surface area contributed by atoms with Crippen LogP contribution < -0.4 is 18.9 Å². The van der Waals surface area contributed by atoms with E-state index in [-0.39, 0.29) is 70.5 Å². The third kappa shape index (κ3) is 14.1. The standard InChI is InChI=1S/C59H83N3O10/c1-7-9-10-11-12-13-14-15-16-21-34-66-57(65)62(39-43-27-29-52-53(35-43)69-41-68-52)54-38-50(61-72-58(4,5)6)48-36-44(24-17-19-31-63)47(26-18-20-32-64)55-49-37-46(67-40-45-25-22-23-42(3)60-45)28-30-51(49)71-59(54,56(48)55)70-33-8-2/h8,22-23,25,27-30,35-37,44,47,54-56,63-64H,2,7,9-21,24,26,31-34,38-41H2,1,3-6H3. The molecule has 13 nitrogen and oxygen atoms in total. The molecule has 1 saturated carbocycles. The molecule has 72 heavy (non-hydrogen) atoms. The molecule has 2 N–H and O–H groups in total. The molecule has 1 amide bonds. The van der Waals surface area contributed by atoms with Crippen LogP contribution in [0.25, 0.3) is 0 Å². The first kappa shape index (κ1) is 54.7. The van der Waals surface area contributed by atoms with Crippen molar-refractivity contribution in [2.45, 2.75) is 180 Å². The summed E-state index contributed by atoms with van der Waals surface area (Å²) in [6, 6.07) is 16.9. The summed E-state index contributed by atoms with van der Waals surface area (Å²) < 4.78 is 39.2. The number of unbranched alkanes of at least 4 members (excludes halogenated alkanes) is 11. The van der Waals surface area contributed by atoms with Gasteiger partial charge >= 0.3 is 6.09 Å². The monoisotopic (exact) mass is 994 g/mol. The van der Waals surface area contributed by atoms with Gasteiger partial charge in [0, 0.05) is 43.4 Å². The number of fused-ring (bicyclic) bond motifs is 3. The molecule has 0 spiro atoms. The predicted octanol–water partition coefficient (Wildman–Crippen LogP) is 12.7. The first-order chi connectivity index (χ1) is 35.0. The number of allylic oxidation sites excluding steroid dienone is 1. The number of carbonyl (C=O) groups is 1. The van der Waals surface area contributed by atoms with E-state index in [2.05, 4.69) is 25.6 Å². The molecule has 1 aromatic heterocycles. The SMILES string of the molecule is C=CCOC12Oc3ccc(OCc4cccc(C)n4)cc3C3C(CCCCO)C(CCCCO)C=C(C(=NOC(C)(C)C)CC1N(Cc1ccc4c(c1)OCO4)C(=O)OCCCCCCCCCCCC)C32. The highest BCUT2D eigenvalue weighted by Gasteiger charge is 2.66. The topological polar surface area (TPSA) is 151 Å². The number of ether oxygens (including phenoxy) is 6. The van der Waals surface area contributed by atoms with Gasteiger partial charge in [0.15, 0.2) is 11.5 Å². The number of hydrogen-bond acceptors (Lipinski definition) is 12. The lowest BCUT2D eigenvalue weighted by Gasteiger charge is -2.60. The lowest BCUT2D eigenvalue weighted by atomic mass is 9.55. The molecule has 0 radical (unpaired) electrons. The van der Waals surface area contributed by atoms with Crippen molar-refractivity contribution in [2.24, 2.45) is 22.9 Å². The fourth-order valence-corrected chi connectivity index (χ4v) is 11.1. The molecular formula is C59H83N3O10. The summed E-state index contributed by atoms with van der Waals surface area (Å²) in [6.07, 6.45) is 20.1. The van der Waals surface area contributed by atoms with Gasteiger partial charge in [0.25, 0.3) is 0 Å². The van der Waals surface area contributed by atoms with Crippen LogP contribution >= 0.6 is 0 Å². The van der Waals surface area contributed by atoms with Crippen molar-refractivity contribution in [1.82, 2.24) is 9.88 Å². The summed E-state index contributed by atoms with van der Waals surface area (Å²) in [6.45, 7) is 15.4. The van der Waals surface area contributed by atoms with E-state index in [9.17, 15) is 10.2 Å². The van der Waals surface area contributed by atoms with Gasteiger partial charge < -0.3 is 43.5 Å². The van der Waals surface area contributed by atoms with Gasteiger partial charge in [-0.05, 0) is 125 Å². The molecular weight excluding hydrogens is 911 g/mol. The third-order valence-corrected chi connectivity index (χ3v) is 14.5. The zero-order chi connectivity index (χ0) is 50.9. The van der Waals surface area contributed by atoms with Crippen molar-refractivity contribution in [3.05, 3.63) is 101 Å². The Morgan fingerprint density at radius 3 is 2.33 bits per heavy atom. The summed E-state index contributed by atoms with van der Waals surface area (Å²) in [5.74, 6) is 0.506. The van der Waals surface area contributed by atoms with E-state index in [1.165, 1.54) is 44.9 Å². The lowest BCUT2D eigenvalue weighted by molar-refractivity contribution is -0.256. The molecule has 394 valence electrons. The Bertz CT molecular complexity index is 2270. The van der Waals surface area contributed by atoms with Gasteiger partial charge in [0.1, 0.15) is 29.7 Å². The summed E-state index contributed by atoms with van der Waals surface area (Å²) in [5, 5.41) is 25.2. The van der Waals surface area contributed by atoms with E-state index in [4.69, 9.17) is 43.4 Å². The van der Waals surface area contributed by atoms with Gasteiger partial charge in [-0.2, -0.15) is 0 Å². The summed E-state index contributed by atoms with van der Waals surface area (Å²) in [5.41, 5.74) is 4.60. The van der Waals surface area contributed by atoms with Gasteiger partial charge in [-0.15, -0.1) is 6.58 Å². The number of hydrogen-bond donors (Lipinski definition) is 2. The Kier molecular flexibility index (Phi) is 20.3. The largest absolute Gasteiger partial charge is 0.487 e. The maximum atomic E-state index is 15.2. The number of aliphatic hydroxyl groups excluding tert-OH is 2. The Morgan fingerprint density at radius 2 is 1.61 bits per heavy atom. The van der Waals surface area contributed by atoms with Crippen LogP contribution in [0.2, 0.25) is 0 Å². The second-order valence-electron chi connectivity index (χ2n) is 21.1. The molecule has 6 unspecified atom stereocenters. The molecule has 2 aromatic carbocycles. The van der Waals surface area contributed by atoms with Crippen LogP contribution in [-0.4, -0.2) is 82.6 Å². The second kappa shape index (κ2) is 26.7. The fourth-order valence-electron chi connectivity index (χ4n) is 11.1. The van der Waals surface area contributed by atoms with Crippen LogP contribution in [0.3, 0.4) is 0 Å². The first-order valence-electron chi connectivity index (χ1n) is 27.1. The van der Waals surface area contributed by atoms with E-state index in [1.54, 1.807) is 11.0 Å². The normalized spacial score (nSPS) is 22.3. The number of nitrogens with zero attached hydrogens (tertiary/aromatic N) is 3. The summed E-state index contributed by atoms with van der Waals surface area (Å²) in [4.78, 5) is 28.0. The number of amides is 1. The first-order valence-corrected chi connectivity index (χ1v) is 27.1. The number of rotatable bonds is 29. The summed E-state index contributed by atoms with van der Waals surface area (Å²) >= 11 is 0. The Morgan fingerprint density at radius 1 is 0.889 bits per heavy atom. The zero-order valence-electron chi connectivity index (χ0n) is 43.9. The number of oxime groups is 1. The highest BCUT2D eigenvalue weighted by atomic mass is 16.7. The smallest absolute Gasteiger partial charge is 0.410 e. The van der Waals surface area contributed by atoms with E-state index >= 15 is 4.79 Å². The number of carbonyl (C=O) groups excluding carboxylic acids is 1. The van der Waals surface area contributed by atoms with Crippen LogP contribution in [-0.2, 0) is 27.5 Å². The molecule has 2 aliphatic carbocycles. The predicted molar refractivity (Wildman–Crippen MR) is 280 cm³/mol. The van der Waals surface area contributed by atoms with E-state index in [0.29, 0.717) is 41.6 Å². The average Bonchev–Trinajstić information content (AvgIpc) is 3.84. The fraction of sp³-hybridized carbons (Fsp3) is 0.610. The number of pyridine rings is 1. The quantitative estimate of drug-likeness (QED) is 0.0388. The van der Waals surface area contributed by atoms with Crippen molar-refractivity contribution in [1.29, 1.82) is 0 Å². The zero-order valence-corrected chi connectivity index (χ0v) is 43.9. The van der Waals surface area contributed by atoms with Crippen LogP contribution in [0.5, 0.6) is 23.0 Å². The maximum Gasteiger partial charge on any atom is 0.410 e. The van der Waals surface area contributed by atoms with Gasteiger partial charge in [-0.3, -0.25) is 9.88 Å². The van der Waals surface area contributed by atoms with E-state index in [1.807, 2.05) is 76.2 Å². The molecule has 7 rings (SSSR count). The average molecular weight is 994 g/mol. The summed E-state index contributed by atoms with van der Waals surface area (Å²) in [7, 11) is 0. The highest BCUT2D eigenvalue weighted by molar-refractivity contribution is 6.03. The Balaban J connectivity index is 1.33. The van der Waals surface area contributed by atoms with Crippen LogP contribution in [0, 0.1) is 24.7 Å². The molecule has 13 heteroatoms. The van der Waals surface area contributed by atoms with Crippen LogP contribution in [0.1, 0.15) is 165 Å². The highest BCUT2D eigenvalue weighted by Crippen LogP contribution is 2.62. The minimum Gasteiger partial charge on any atom is -0.487 e. The Hall–Kier alpha value is -5.11. The molecule has 4 aliphatic rings. The minimum absolute atomic E-state index is 0.0428. The lowest BCUT2D eigenvalue weighted by Crippen LogP contribution is -2.70. The molecule has 2 aliphatic heterocycles. The van der Waals surface area contributed by atoms with Crippen LogP contribution in [0.4, 0.5) is 4.79 Å². The van der Waals surface area contributed by atoms with Gasteiger partial charge in [-0.1, -0.05) is 107 Å². The molecule has 6 atom stereocenters. The number of aliphatic hydroxyl groups is 2. The van der Waals surface area contributed by atoms with Crippen LogP contribution in [0.15, 0.2) is 84.1 Å². The van der Waals surface area contributed by atoms with E-state index in [0.717, 1.165) is 73.0 Å². The number of aryl methyl sites for hydroxylation is 1. The third-order valence-electron chi connectivity index (χ3n) is 14.5. The Labute approximate surface area is 429 Å². The van der Waals surface area contributed by atoms with Crippen molar-refractivity contribution in [3.8, 4) is 23.0 Å². The van der Waals surface area contributed by atoms with Crippen molar-refractivity contribution in [2.75, 3.05) is 33.2 Å². The molecule has 0 bridgehead atoms. The van der Waals surface area contributed by atoms with E-state index < -0.39 is 29.4 Å². The number of benzene rings is 2. The molecule has 1 fully saturated rings. The van der Waals surface area contributed by atoms with Crippen molar-refractivity contribution in [3.63, 3.8) is 0 Å². The molecule has 3 heterocycles. The van der Waals surface area contributed by atoms with Crippen molar-refractivity contribution < 1.29 is 48.3 Å². The maximum absolute atomic E-state index is 15.2. The van der Waals surface area contributed by atoms with Gasteiger partial charge in [0.2, 0.25) is 12.6 Å². The van der Waals surface area contributed by atoms with Gasteiger partial charge in [-0.25, -0.2) is 4.79 Å². The second-order valence-corrected chi connectivity index (χ2v) is 21.1.